The van der Waals surface area contributed by atoms with Crippen molar-refractivity contribution >= 4 is 24.0 Å². The van der Waals surface area contributed by atoms with E-state index in [0.29, 0.717) is 12.1 Å². The maximum atomic E-state index is 13.1. The summed E-state index contributed by atoms with van der Waals surface area (Å²) >= 11 is 0. The normalized spacial score (nSPS) is 16.4. The lowest BCUT2D eigenvalue weighted by molar-refractivity contribution is 0.0667. The van der Waals surface area contributed by atoms with E-state index >= 15 is 0 Å². The molecule has 4 heteroatoms. The Kier molecular flexibility index (Phi) is 4.55. The Hall–Kier alpha value is -2.00. The summed E-state index contributed by atoms with van der Waals surface area (Å²) in [5.74, 6) is 0.161. The molecular weight excluding hydrogens is 320 g/mol. The van der Waals surface area contributed by atoms with Gasteiger partial charge >= 0.3 is 0 Å². The lowest BCUT2D eigenvalue weighted by Gasteiger charge is -2.29. The first-order valence-electron chi connectivity index (χ1n) is 8.39. The van der Waals surface area contributed by atoms with E-state index in [4.69, 9.17) is 5.73 Å². The third-order valence-corrected chi connectivity index (χ3v) is 5.11. The molecule has 0 atom stereocenters. The molecule has 2 aromatic carbocycles. The summed E-state index contributed by atoms with van der Waals surface area (Å²) in [6.45, 7) is 1.96. The molecule has 0 aliphatic heterocycles. The first-order valence-corrected chi connectivity index (χ1v) is 8.39. The summed E-state index contributed by atoms with van der Waals surface area (Å²) in [5.41, 5.74) is 11.2. The zero-order valence-electron chi connectivity index (χ0n) is 13.9. The standard InChI is InChI=1S/C20H22N2O.ClH/c1-13-10-16(6-9-19(13)21)20(23)22(17-7-8-17)18-11-14-4-2-3-5-15(14)12-18;/h2-6,9-10,17-18H,7-8,11-12,21H2,1H3;1H. The summed E-state index contributed by atoms with van der Waals surface area (Å²) in [7, 11) is 0. The van der Waals surface area contributed by atoms with Crippen LogP contribution in [0.25, 0.3) is 0 Å². The van der Waals surface area contributed by atoms with Crippen LogP contribution >= 0.6 is 12.4 Å². The van der Waals surface area contributed by atoms with Gasteiger partial charge in [-0.15, -0.1) is 12.4 Å². The predicted molar refractivity (Wildman–Crippen MR) is 99.7 cm³/mol. The molecule has 0 unspecified atom stereocenters. The fraction of sp³-hybridized carbons (Fsp3) is 0.350. The summed E-state index contributed by atoms with van der Waals surface area (Å²) < 4.78 is 0. The average Bonchev–Trinajstić information content (AvgIpc) is 3.28. The summed E-state index contributed by atoms with van der Waals surface area (Å²) in [6.07, 6.45) is 4.22. The van der Waals surface area contributed by atoms with E-state index in [0.717, 1.165) is 42.5 Å². The summed E-state index contributed by atoms with van der Waals surface area (Å²) in [5, 5.41) is 0. The van der Waals surface area contributed by atoms with Crippen molar-refractivity contribution in [1.82, 2.24) is 4.90 Å². The molecule has 0 saturated heterocycles. The Labute approximate surface area is 149 Å². The molecule has 0 aromatic heterocycles. The molecule has 24 heavy (non-hydrogen) atoms. The minimum Gasteiger partial charge on any atom is -0.399 e. The molecule has 0 heterocycles. The number of fused-ring (bicyclic) bond motifs is 1. The van der Waals surface area contributed by atoms with E-state index in [9.17, 15) is 4.79 Å². The minimum absolute atomic E-state index is 0. The molecule has 2 aliphatic rings. The van der Waals surface area contributed by atoms with E-state index < -0.39 is 0 Å². The van der Waals surface area contributed by atoms with Crippen molar-refractivity contribution in [3.63, 3.8) is 0 Å². The van der Waals surface area contributed by atoms with Crippen molar-refractivity contribution in [2.24, 2.45) is 0 Å². The highest BCUT2D eigenvalue weighted by molar-refractivity contribution is 5.95. The summed E-state index contributed by atoms with van der Waals surface area (Å²) in [4.78, 5) is 15.3. The smallest absolute Gasteiger partial charge is 0.254 e. The van der Waals surface area contributed by atoms with Crippen LogP contribution in [0.2, 0.25) is 0 Å². The van der Waals surface area contributed by atoms with Crippen molar-refractivity contribution in [2.45, 2.75) is 44.7 Å². The van der Waals surface area contributed by atoms with E-state index in [2.05, 4.69) is 29.2 Å². The number of hydrogen-bond acceptors (Lipinski definition) is 2. The molecule has 2 N–H and O–H groups in total. The second-order valence-electron chi connectivity index (χ2n) is 6.85. The number of amides is 1. The van der Waals surface area contributed by atoms with Crippen LogP contribution in [-0.2, 0) is 12.8 Å². The third-order valence-electron chi connectivity index (χ3n) is 5.11. The van der Waals surface area contributed by atoms with Crippen LogP contribution in [0.1, 0.15) is 39.9 Å². The molecular formula is C20H23ClN2O. The van der Waals surface area contributed by atoms with Gasteiger partial charge in [0.15, 0.2) is 0 Å². The van der Waals surface area contributed by atoms with Gasteiger partial charge in [0, 0.05) is 23.3 Å². The van der Waals surface area contributed by atoms with Gasteiger partial charge in [0.05, 0.1) is 0 Å². The number of nitrogens with two attached hydrogens (primary N) is 1. The topological polar surface area (TPSA) is 46.3 Å². The van der Waals surface area contributed by atoms with Crippen LogP contribution in [0, 0.1) is 6.92 Å². The van der Waals surface area contributed by atoms with Crippen LogP contribution in [0.15, 0.2) is 42.5 Å². The van der Waals surface area contributed by atoms with Crippen molar-refractivity contribution in [2.75, 3.05) is 5.73 Å². The number of nitrogen functional groups attached to an aromatic ring is 1. The van der Waals surface area contributed by atoms with Gasteiger partial charge in [-0.25, -0.2) is 0 Å². The quantitative estimate of drug-likeness (QED) is 0.863. The Morgan fingerprint density at radius 3 is 2.21 bits per heavy atom. The van der Waals surface area contributed by atoms with Gasteiger partial charge in [-0.2, -0.15) is 0 Å². The maximum absolute atomic E-state index is 13.1. The average molecular weight is 343 g/mol. The number of benzene rings is 2. The predicted octanol–water partition coefficient (Wildman–Crippen LogP) is 3.77. The zero-order chi connectivity index (χ0) is 16.0. The van der Waals surface area contributed by atoms with E-state index in [1.807, 2.05) is 25.1 Å². The van der Waals surface area contributed by atoms with E-state index in [1.165, 1.54) is 11.1 Å². The molecule has 126 valence electrons. The van der Waals surface area contributed by atoms with Gasteiger partial charge in [0.1, 0.15) is 0 Å². The molecule has 4 rings (SSSR count). The van der Waals surface area contributed by atoms with Crippen LogP contribution in [-0.4, -0.2) is 22.9 Å². The largest absolute Gasteiger partial charge is 0.399 e. The molecule has 0 spiro atoms. The van der Waals surface area contributed by atoms with Crippen molar-refractivity contribution in [1.29, 1.82) is 0 Å². The number of carbonyl (C=O) groups is 1. The second-order valence-corrected chi connectivity index (χ2v) is 6.85. The molecule has 2 aromatic rings. The van der Waals surface area contributed by atoms with Crippen LogP contribution in [0.5, 0.6) is 0 Å². The van der Waals surface area contributed by atoms with Gasteiger partial charge in [-0.1, -0.05) is 24.3 Å². The Morgan fingerprint density at radius 1 is 1.04 bits per heavy atom. The second kappa shape index (κ2) is 6.48. The van der Waals surface area contributed by atoms with E-state index in [1.54, 1.807) is 0 Å². The van der Waals surface area contributed by atoms with Crippen molar-refractivity contribution < 1.29 is 4.79 Å². The molecule has 0 radical (unpaired) electrons. The monoisotopic (exact) mass is 342 g/mol. The molecule has 1 amide bonds. The number of halogens is 1. The Bertz CT molecular complexity index is 745. The number of carbonyl (C=O) groups excluding carboxylic acids is 1. The van der Waals surface area contributed by atoms with Crippen LogP contribution < -0.4 is 5.73 Å². The highest BCUT2D eigenvalue weighted by Gasteiger charge is 2.39. The molecule has 1 fully saturated rings. The molecule has 1 saturated carbocycles. The maximum Gasteiger partial charge on any atom is 0.254 e. The third kappa shape index (κ3) is 3.01. The van der Waals surface area contributed by atoms with Gasteiger partial charge in [0.25, 0.3) is 5.91 Å². The van der Waals surface area contributed by atoms with Gasteiger partial charge in [0.2, 0.25) is 0 Å². The van der Waals surface area contributed by atoms with Crippen LogP contribution in [0.4, 0.5) is 5.69 Å². The van der Waals surface area contributed by atoms with Crippen LogP contribution in [0.3, 0.4) is 0 Å². The van der Waals surface area contributed by atoms with Gasteiger partial charge in [-0.05, 0) is 67.5 Å². The number of hydrogen-bond donors (Lipinski definition) is 1. The highest BCUT2D eigenvalue weighted by atomic mass is 35.5. The fourth-order valence-corrected chi connectivity index (χ4v) is 3.67. The Balaban J connectivity index is 0.00000169. The minimum atomic E-state index is 0. The SMILES string of the molecule is Cc1cc(C(=O)N(C2CC2)C2Cc3ccccc3C2)ccc1N.Cl. The first kappa shape index (κ1) is 16.8. The van der Waals surface area contributed by atoms with Crippen molar-refractivity contribution in [3.8, 4) is 0 Å². The Morgan fingerprint density at radius 2 is 1.67 bits per heavy atom. The van der Waals surface area contributed by atoms with E-state index in [-0.39, 0.29) is 18.3 Å². The molecule has 0 bridgehead atoms. The number of rotatable bonds is 3. The highest BCUT2D eigenvalue weighted by Crippen LogP contribution is 2.35. The van der Waals surface area contributed by atoms with Crippen molar-refractivity contribution in [3.05, 3.63) is 64.7 Å². The fourth-order valence-electron chi connectivity index (χ4n) is 3.67. The summed E-state index contributed by atoms with van der Waals surface area (Å²) in [6, 6.07) is 14.9. The lowest BCUT2D eigenvalue weighted by Crippen LogP contribution is -2.42. The number of nitrogens with zero attached hydrogens (tertiary/aromatic N) is 1. The molecule has 2 aliphatic carbocycles. The zero-order valence-corrected chi connectivity index (χ0v) is 14.7. The number of aryl methyl sites for hydroxylation is 1. The molecule has 3 nitrogen and oxygen atoms in total. The van der Waals surface area contributed by atoms with Gasteiger partial charge in [-0.3, -0.25) is 4.79 Å². The van der Waals surface area contributed by atoms with Gasteiger partial charge < -0.3 is 10.6 Å². The first-order chi connectivity index (χ1) is 11.1. The number of anilines is 1. The lowest BCUT2D eigenvalue weighted by atomic mass is 10.1.